The van der Waals surface area contributed by atoms with Crippen molar-refractivity contribution in [3.63, 3.8) is 0 Å². The molecule has 1 aromatic carbocycles. The normalized spacial score (nSPS) is 19.2. The Bertz CT molecular complexity index is 603. The third-order valence-electron chi connectivity index (χ3n) is 3.39. The van der Waals surface area contributed by atoms with Crippen molar-refractivity contribution in [2.24, 2.45) is 0 Å². The highest BCUT2D eigenvalue weighted by Crippen LogP contribution is 2.33. The summed E-state index contributed by atoms with van der Waals surface area (Å²) in [4.78, 5) is 11.3. The summed E-state index contributed by atoms with van der Waals surface area (Å²) in [5, 5.41) is 10.4. The van der Waals surface area contributed by atoms with E-state index >= 15 is 0 Å². The number of halogens is 1. The van der Waals surface area contributed by atoms with Crippen LogP contribution in [0.1, 0.15) is 24.6 Å². The van der Waals surface area contributed by atoms with Crippen molar-refractivity contribution >= 4 is 32.8 Å². The second-order valence-electron chi connectivity index (χ2n) is 4.46. The summed E-state index contributed by atoms with van der Waals surface area (Å²) in [6.07, 6.45) is 2.65. The summed E-state index contributed by atoms with van der Waals surface area (Å²) in [6.45, 7) is 0. The fourth-order valence-electron chi connectivity index (χ4n) is 2.66. The molecule has 1 unspecified atom stereocenters. The number of carboxylic acid groups (broad SMARTS) is 1. The van der Waals surface area contributed by atoms with E-state index in [0.29, 0.717) is 0 Å². The Hall–Kier alpha value is -1.29. The lowest BCUT2D eigenvalue weighted by atomic mass is 10.0. The van der Waals surface area contributed by atoms with E-state index in [1.165, 1.54) is 0 Å². The largest absolute Gasteiger partial charge is 0.480 e. The van der Waals surface area contributed by atoms with Gasteiger partial charge in [-0.1, -0.05) is 15.9 Å². The third kappa shape index (κ3) is 1.67. The monoisotopic (exact) mass is 293 g/mol. The fourth-order valence-corrected chi connectivity index (χ4v) is 3.04. The average molecular weight is 294 g/mol. The number of aryl methyl sites for hydroxylation is 1. The number of aliphatic carboxylic acids is 1. The molecule has 88 valence electrons. The lowest BCUT2D eigenvalue weighted by molar-refractivity contribution is -0.141. The van der Waals surface area contributed by atoms with E-state index in [2.05, 4.69) is 22.0 Å². The smallest absolute Gasteiger partial charge is 0.326 e. The Labute approximate surface area is 107 Å². The van der Waals surface area contributed by atoms with Crippen LogP contribution in [0.4, 0.5) is 0 Å². The molecule has 1 atom stereocenters. The molecule has 2 aromatic rings. The van der Waals surface area contributed by atoms with E-state index in [4.69, 9.17) is 0 Å². The van der Waals surface area contributed by atoms with Crippen LogP contribution in [0.15, 0.2) is 28.7 Å². The van der Waals surface area contributed by atoms with Crippen LogP contribution in [0.5, 0.6) is 0 Å². The van der Waals surface area contributed by atoms with Crippen molar-refractivity contribution < 1.29 is 9.90 Å². The molecule has 0 spiro atoms. The molecule has 0 bridgehead atoms. The predicted molar refractivity (Wildman–Crippen MR) is 69.2 cm³/mol. The minimum absolute atomic E-state index is 0.405. The first-order chi connectivity index (χ1) is 8.16. The highest BCUT2D eigenvalue weighted by atomic mass is 79.9. The van der Waals surface area contributed by atoms with E-state index in [0.717, 1.165) is 40.3 Å². The topological polar surface area (TPSA) is 42.2 Å². The first-order valence-corrected chi connectivity index (χ1v) is 6.48. The SMILES string of the molecule is O=C(O)C1CCCc2cc3cc(Br)ccc3n21. The van der Waals surface area contributed by atoms with Gasteiger partial charge in [0, 0.05) is 21.1 Å². The molecule has 0 saturated heterocycles. The first-order valence-electron chi connectivity index (χ1n) is 5.69. The van der Waals surface area contributed by atoms with Crippen LogP contribution in [0.25, 0.3) is 10.9 Å². The molecule has 1 N–H and O–H groups in total. The van der Waals surface area contributed by atoms with Crippen molar-refractivity contribution in [2.45, 2.75) is 25.3 Å². The number of fused-ring (bicyclic) bond motifs is 3. The predicted octanol–water partition coefficient (Wildman–Crippen LogP) is 3.37. The number of benzene rings is 1. The van der Waals surface area contributed by atoms with Gasteiger partial charge in [0.15, 0.2) is 0 Å². The van der Waals surface area contributed by atoms with Gasteiger partial charge in [0.1, 0.15) is 6.04 Å². The van der Waals surface area contributed by atoms with Gasteiger partial charge in [-0.2, -0.15) is 0 Å². The third-order valence-corrected chi connectivity index (χ3v) is 3.88. The maximum Gasteiger partial charge on any atom is 0.326 e. The summed E-state index contributed by atoms with van der Waals surface area (Å²) in [5.74, 6) is -0.730. The van der Waals surface area contributed by atoms with E-state index in [-0.39, 0.29) is 0 Å². The van der Waals surface area contributed by atoms with Crippen LogP contribution in [-0.4, -0.2) is 15.6 Å². The average Bonchev–Trinajstić information content (AvgIpc) is 2.65. The number of hydrogen-bond acceptors (Lipinski definition) is 1. The van der Waals surface area contributed by atoms with Crippen molar-refractivity contribution in [1.29, 1.82) is 0 Å². The van der Waals surface area contributed by atoms with Crippen LogP contribution in [-0.2, 0) is 11.2 Å². The summed E-state index contributed by atoms with van der Waals surface area (Å²) in [6, 6.07) is 7.69. The number of aromatic nitrogens is 1. The zero-order valence-electron chi connectivity index (χ0n) is 9.19. The molecular weight excluding hydrogens is 282 g/mol. The standard InChI is InChI=1S/C13H12BrNO2/c14-9-4-5-11-8(6-9)7-10-2-1-3-12(13(16)17)15(10)11/h4-7,12H,1-3H2,(H,16,17). The Morgan fingerprint density at radius 1 is 1.41 bits per heavy atom. The van der Waals surface area contributed by atoms with E-state index in [1.54, 1.807) is 0 Å². The summed E-state index contributed by atoms with van der Waals surface area (Å²) in [5.41, 5.74) is 2.16. The number of hydrogen-bond donors (Lipinski definition) is 1. The fraction of sp³-hybridized carbons (Fsp3) is 0.308. The van der Waals surface area contributed by atoms with Gasteiger partial charge in [0.2, 0.25) is 0 Å². The molecule has 4 heteroatoms. The molecule has 3 nitrogen and oxygen atoms in total. The molecule has 0 radical (unpaired) electrons. The van der Waals surface area contributed by atoms with Crippen molar-refractivity contribution in [2.75, 3.05) is 0 Å². The zero-order valence-corrected chi connectivity index (χ0v) is 10.8. The number of nitrogens with zero attached hydrogens (tertiary/aromatic N) is 1. The lowest BCUT2D eigenvalue weighted by Crippen LogP contribution is -2.24. The van der Waals surface area contributed by atoms with Gasteiger partial charge in [-0.05, 0) is 43.5 Å². The van der Waals surface area contributed by atoms with Gasteiger partial charge in [0.05, 0.1) is 0 Å². The van der Waals surface area contributed by atoms with E-state index in [1.807, 2.05) is 22.8 Å². The molecule has 0 fully saturated rings. The Morgan fingerprint density at radius 3 is 3.00 bits per heavy atom. The molecule has 1 aliphatic heterocycles. The van der Waals surface area contributed by atoms with Crippen molar-refractivity contribution in [3.05, 3.63) is 34.4 Å². The van der Waals surface area contributed by atoms with Gasteiger partial charge in [-0.25, -0.2) is 4.79 Å². The Balaban J connectivity index is 2.27. The second kappa shape index (κ2) is 3.88. The maximum absolute atomic E-state index is 11.3. The van der Waals surface area contributed by atoms with Crippen molar-refractivity contribution in [3.8, 4) is 0 Å². The molecule has 0 aliphatic carbocycles. The highest BCUT2D eigenvalue weighted by Gasteiger charge is 2.27. The summed E-state index contributed by atoms with van der Waals surface area (Å²) < 4.78 is 3.01. The molecular formula is C13H12BrNO2. The highest BCUT2D eigenvalue weighted by molar-refractivity contribution is 9.10. The van der Waals surface area contributed by atoms with Gasteiger partial charge in [-0.15, -0.1) is 0 Å². The minimum Gasteiger partial charge on any atom is -0.480 e. The van der Waals surface area contributed by atoms with Crippen LogP contribution < -0.4 is 0 Å². The second-order valence-corrected chi connectivity index (χ2v) is 5.37. The molecule has 17 heavy (non-hydrogen) atoms. The molecule has 1 aromatic heterocycles. The number of rotatable bonds is 1. The Morgan fingerprint density at radius 2 is 2.24 bits per heavy atom. The molecule has 1 aliphatic rings. The minimum atomic E-state index is -0.730. The summed E-state index contributed by atoms with van der Waals surface area (Å²) >= 11 is 3.44. The lowest BCUT2D eigenvalue weighted by Gasteiger charge is -2.23. The van der Waals surface area contributed by atoms with Gasteiger partial charge in [0.25, 0.3) is 0 Å². The van der Waals surface area contributed by atoms with Crippen LogP contribution >= 0.6 is 15.9 Å². The molecule has 0 saturated carbocycles. The van der Waals surface area contributed by atoms with Crippen LogP contribution in [0.2, 0.25) is 0 Å². The Kier molecular flexibility index (Phi) is 2.47. The molecule has 0 amide bonds. The zero-order chi connectivity index (χ0) is 12.0. The summed E-state index contributed by atoms with van der Waals surface area (Å²) in [7, 11) is 0. The van der Waals surface area contributed by atoms with Crippen LogP contribution in [0, 0.1) is 0 Å². The quantitative estimate of drug-likeness (QED) is 0.876. The van der Waals surface area contributed by atoms with Crippen molar-refractivity contribution in [1.82, 2.24) is 4.57 Å². The van der Waals surface area contributed by atoms with Gasteiger partial charge < -0.3 is 9.67 Å². The molecule has 2 heterocycles. The maximum atomic E-state index is 11.3. The number of carboxylic acids is 1. The van der Waals surface area contributed by atoms with E-state index in [9.17, 15) is 9.90 Å². The molecule has 3 rings (SSSR count). The van der Waals surface area contributed by atoms with Gasteiger partial charge >= 0.3 is 5.97 Å². The van der Waals surface area contributed by atoms with Gasteiger partial charge in [-0.3, -0.25) is 0 Å². The van der Waals surface area contributed by atoms with E-state index < -0.39 is 12.0 Å². The first kappa shape index (κ1) is 10.8. The van der Waals surface area contributed by atoms with Crippen LogP contribution in [0.3, 0.4) is 0 Å². The number of carbonyl (C=O) groups is 1.